The number of hydrazone groups is 1. The van der Waals surface area contributed by atoms with Crippen LogP contribution in [0.3, 0.4) is 0 Å². The summed E-state index contributed by atoms with van der Waals surface area (Å²) in [6.07, 6.45) is 1.59. The number of aromatic nitrogens is 3. The summed E-state index contributed by atoms with van der Waals surface area (Å²) in [4.78, 5) is 13.8. The van der Waals surface area contributed by atoms with E-state index in [1.165, 1.54) is 0 Å². The number of benzene rings is 1. The average Bonchev–Trinajstić information content (AvgIpc) is 2.43. The number of aryl methyl sites for hydroxylation is 1. The Hall–Kier alpha value is -2.70. The van der Waals surface area contributed by atoms with Crippen molar-refractivity contribution in [2.75, 3.05) is 12.5 Å². The Balaban J connectivity index is 2.06. The van der Waals surface area contributed by atoms with Crippen molar-refractivity contribution in [3.05, 3.63) is 45.9 Å². The molecule has 2 aromatic rings. The molecule has 0 atom stereocenters. The van der Waals surface area contributed by atoms with Crippen molar-refractivity contribution in [2.45, 2.75) is 6.92 Å². The lowest BCUT2D eigenvalue weighted by atomic mass is 10.2. The number of ether oxygens (including phenoxy) is 1. The summed E-state index contributed by atoms with van der Waals surface area (Å²) in [5.41, 5.74) is 3.46. The molecule has 2 rings (SSSR count). The molecule has 0 amide bonds. The van der Waals surface area contributed by atoms with Crippen molar-refractivity contribution in [3.8, 4) is 5.75 Å². The van der Waals surface area contributed by atoms with Crippen LogP contribution in [0.1, 0.15) is 11.3 Å². The minimum atomic E-state index is -0.297. The first-order valence-electron chi connectivity index (χ1n) is 5.56. The Morgan fingerprint density at radius 3 is 3.00 bits per heavy atom. The molecule has 0 saturated carbocycles. The molecule has 0 saturated heterocycles. The van der Waals surface area contributed by atoms with Gasteiger partial charge in [0.2, 0.25) is 5.95 Å². The maximum Gasteiger partial charge on any atom is 0.274 e. The Morgan fingerprint density at radius 1 is 1.42 bits per heavy atom. The third-order valence-corrected chi connectivity index (χ3v) is 2.34. The second-order valence-corrected chi connectivity index (χ2v) is 3.73. The molecule has 98 valence electrons. The van der Waals surface area contributed by atoms with Crippen LogP contribution in [0.15, 0.2) is 34.2 Å². The van der Waals surface area contributed by atoms with Crippen molar-refractivity contribution < 1.29 is 4.74 Å². The number of methoxy groups -OCH3 is 1. The molecule has 19 heavy (non-hydrogen) atoms. The number of H-pyrrole nitrogens is 1. The lowest BCUT2D eigenvalue weighted by Gasteiger charge is -2.00. The molecule has 0 aliphatic heterocycles. The fourth-order valence-electron chi connectivity index (χ4n) is 1.33. The number of anilines is 1. The van der Waals surface area contributed by atoms with Gasteiger partial charge in [-0.05, 0) is 24.6 Å². The van der Waals surface area contributed by atoms with E-state index in [0.29, 0.717) is 5.69 Å². The Morgan fingerprint density at radius 2 is 2.26 bits per heavy atom. The van der Waals surface area contributed by atoms with Gasteiger partial charge in [-0.15, -0.1) is 10.2 Å². The summed E-state index contributed by atoms with van der Waals surface area (Å²) in [5, 5.41) is 11.4. The highest BCUT2D eigenvalue weighted by Gasteiger charge is 1.97. The van der Waals surface area contributed by atoms with Gasteiger partial charge in [-0.2, -0.15) is 5.10 Å². The van der Waals surface area contributed by atoms with Gasteiger partial charge in [0.15, 0.2) is 0 Å². The van der Waals surface area contributed by atoms with Gasteiger partial charge in [-0.25, -0.2) is 5.43 Å². The molecule has 0 unspecified atom stereocenters. The lowest BCUT2D eigenvalue weighted by molar-refractivity contribution is 0.415. The van der Waals surface area contributed by atoms with Gasteiger partial charge in [0.1, 0.15) is 11.4 Å². The zero-order chi connectivity index (χ0) is 13.7. The minimum absolute atomic E-state index is 0.190. The standard InChI is InChI=1S/C12H13N5O2/c1-8-11(18)14-12(17-15-8)16-13-7-9-4-3-5-10(6-9)19-2/h3-7H,1-2H3,(H2,14,16,17,18)/b13-7+. The summed E-state index contributed by atoms with van der Waals surface area (Å²) in [7, 11) is 1.60. The summed E-state index contributed by atoms with van der Waals surface area (Å²) < 4.78 is 5.10. The molecule has 0 radical (unpaired) electrons. The normalized spacial score (nSPS) is 10.6. The van der Waals surface area contributed by atoms with Crippen LogP contribution in [0.2, 0.25) is 0 Å². The van der Waals surface area contributed by atoms with Crippen molar-refractivity contribution >= 4 is 12.2 Å². The van der Waals surface area contributed by atoms with E-state index in [0.717, 1.165) is 11.3 Å². The molecular weight excluding hydrogens is 246 g/mol. The van der Waals surface area contributed by atoms with Crippen LogP contribution in [0.25, 0.3) is 0 Å². The zero-order valence-electron chi connectivity index (χ0n) is 10.5. The monoisotopic (exact) mass is 259 g/mol. The van der Waals surface area contributed by atoms with Crippen LogP contribution in [0, 0.1) is 6.92 Å². The molecule has 7 heteroatoms. The van der Waals surface area contributed by atoms with E-state index in [1.54, 1.807) is 20.2 Å². The maximum atomic E-state index is 11.3. The summed E-state index contributed by atoms with van der Waals surface area (Å²) in [5.74, 6) is 0.933. The summed E-state index contributed by atoms with van der Waals surface area (Å²) in [6, 6.07) is 7.40. The quantitative estimate of drug-likeness (QED) is 0.629. The molecule has 7 nitrogen and oxygen atoms in total. The third kappa shape index (κ3) is 3.38. The van der Waals surface area contributed by atoms with E-state index < -0.39 is 0 Å². The van der Waals surface area contributed by atoms with E-state index >= 15 is 0 Å². The van der Waals surface area contributed by atoms with Gasteiger partial charge in [0, 0.05) is 0 Å². The van der Waals surface area contributed by atoms with E-state index in [1.807, 2.05) is 24.3 Å². The molecule has 0 aliphatic rings. The predicted octanol–water partition coefficient (Wildman–Crippen LogP) is 0.928. The van der Waals surface area contributed by atoms with E-state index in [-0.39, 0.29) is 11.5 Å². The molecule has 0 fully saturated rings. The van der Waals surface area contributed by atoms with Crippen molar-refractivity contribution in [2.24, 2.45) is 5.10 Å². The number of rotatable bonds is 4. The second-order valence-electron chi connectivity index (χ2n) is 3.73. The van der Waals surface area contributed by atoms with E-state index in [9.17, 15) is 4.79 Å². The molecule has 1 aromatic heterocycles. The van der Waals surface area contributed by atoms with E-state index in [4.69, 9.17) is 4.74 Å². The van der Waals surface area contributed by atoms with Gasteiger partial charge >= 0.3 is 0 Å². The molecule has 2 N–H and O–H groups in total. The number of nitrogens with zero attached hydrogens (tertiary/aromatic N) is 3. The fraction of sp³-hybridized carbons (Fsp3) is 0.167. The highest BCUT2D eigenvalue weighted by molar-refractivity contribution is 5.80. The Kier molecular flexibility index (Phi) is 3.87. The number of hydrogen-bond acceptors (Lipinski definition) is 6. The van der Waals surface area contributed by atoms with Crippen molar-refractivity contribution in [1.82, 2.24) is 15.2 Å². The van der Waals surface area contributed by atoms with Crippen LogP contribution in [-0.4, -0.2) is 28.5 Å². The predicted molar refractivity (Wildman–Crippen MR) is 71.6 cm³/mol. The van der Waals surface area contributed by atoms with Crippen molar-refractivity contribution in [1.29, 1.82) is 0 Å². The van der Waals surface area contributed by atoms with Crippen LogP contribution in [-0.2, 0) is 0 Å². The molecular formula is C12H13N5O2. The first-order chi connectivity index (χ1) is 9.19. The molecule has 0 spiro atoms. The van der Waals surface area contributed by atoms with Crippen LogP contribution in [0.5, 0.6) is 5.75 Å². The smallest absolute Gasteiger partial charge is 0.274 e. The second kappa shape index (κ2) is 5.76. The molecule has 1 aromatic carbocycles. The topological polar surface area (TPSA) is 92.3 Å². The number of aromatic amines is 1. The Labute approximate surface area is 109 Å². The van der Waals surface area contributed by atoms with Crippen LogP contribution < -0.4 is 15.7 Å². The van der Waals surface area contributed by atoms with Gasteiger partial charge < -0.3 is 4.74 Å². The van der Waals surface area contributed by atoms with E-state index in [2.05, 4.69) is 25.7 Å². The SMILES string of the molecule is COc1cccc(/C=N/Nc2nnc(C)c(=O)[nH]2)c1. The van der Waals surface area contributed by atoms with Gasteiger partial charge in [0.25, 0.3) is 5.56 Å². The summed E-state index contributed by atoms with van der Waals surface area (Å²) in [6.45, 7) is 1.58. The molecule has 0 aliphatic carbocycles. The van der Waals surface area contributed by atoms with Crippen LogP contribution in [0.4, 0.5) is 5.95 Å². The largest absolute Gasteiger partial charge is 0.497 e. The van der Waals surface area contributed by atoms with Crippen molar-refractivity contribution in [3.63, 3.8) is 0 Å². The van der Waals surface area contributed by atoms with Crippen LogP contribution >= 0.6 is 0 Å². The number of nitrogens with one attached hydrogen (secondary N) is 2. The van der Waals surface area contributed by atoms with Gasteiger partial charge in [-0.1, -0.05) is 12.1 Å². The highest BCUT2D eigenvalue weighted by Crippen LogP contribution is 2.10. The third-order valence-electron chi connectivity index (χ3n) is 2.34. The Bertz CT molecular complexity index is 651. The maximum absolute atomic E-state index is 11.3. The first-order valence-corrected chi connectivity index (χ1v) is 5.56. The molecule has 1 heterocycles. The zero-order valence-corrected chi connectivity index (χ0v) is 10.5. The highest BCUT2D eigenvalue weighted by atomic mass is 16.5. The first kappa shape index (κ1) is 12.7. The van der Waals surface area contributed by atoms with Gasteiger partial charge in [-0.3, -0.25) is 9.78 Å². The lowest BCUT2D eigenvalue weighted by Crippen LogP contribution is -2.15. The average molecular weight is 259 g/mol. The molecule has 0 bridgehead atoms. The van der Waals surface area contributed by atoms with Gasteiger partial charge in [0.05, 0.1) is 13.3 Å². The summed E-state index contributed by atoms with van der Waals surface area (Å²) >= 11 is 0. The number of hydrogen-bond donors (Lipinski definition) is 2. The fourth-order valence-corrected chi connectivity index (χ4v) is 1.33. The minimum Gasteiger partial charge on any atom is -0.497 e.